The molecule has 0 radical (unpaired) electrons. The predicted octanol–water partition coefficient (Wildman–Crippen LogP) is 2.90. The van der Waals surface area contributed by atoms with Crippen LogP contribution in [-0.2, 0) is 11.2 Å². The maximum absolute atomic E-state index is 13.5. The molecule has 0 aliphatic rings. The monoisotopic (exact) mass is 260 g/mol. The Morgan fingerprint density at radius 1 is 1.11 bits per heavy atom. The summed E-state index contributed by atoms with van der Waals surface area (Å²) >= 11 is 0. The van der Waals surface area contributed by atoms with Crippen LogP contribution in [0.15, 0.2) is 54.6 Å². The Morgan fingerprint density at radius 2 is 1.74 bits per heavy atom. The van der Waals surface area contributed by atoms with E-state index in [0.717, 1.165) is 0 Å². The lowest BCUT2D eigenvalue weighted by Crippen LogP contribution is -2.29. The second-order valence-electron chi connectivity index (χ2n) is 4.05. The molecule has 2 aromatic carbocycles. The molecule has 98 valence electrons. The topological polar surface area (TPSA) is 46.5 Å². The summed E-state index contributed by atoms with van der Waals surface area (Å²) in [5.41, 5.74) is 0.325. The maximum atomic E-state index is 13.5. The second kappa shape index (κ2) is 6.00. The number of hydrogen-bond donors (Lipinski definition) is 1. The van der Waals surface area contributed by atoms with Gasteiger partial charge in [-0.2, -0.15) is 0 Å². The smallest absolute Gasteiger partial charge is 0.345 e. The van der Waals surface area contributed by atoms with Crippen LogP contribution in [0.4, 0.5) is 4.39 Å². The van der Waals surface area contributed by atoms with Gasteiger partial charge in [-0.3, -0.25) is 0 Å². The third-order valence-corrected chi connectivity index (χ3v) is 2.66. The number of carboxylic acids is 1. The maximum Gasteiger partial charge on any atom is 0.345 e. The van der Waals surface area contributed by atoms with E-state index in [-0.39, 0.29) is 6.42 Å². The zero-order chi connectivity index (χ0) is 13.7. The van der Waals surface area contributed by atoms with E-state index < -0.39 is 17.9 Å². The SMILES string of the molecule is O=C(O)C(Cc1ccccc1F)Oc1ccccc1. The van der Waals surface area contributed by atoms with Crippen LogP contribution in [0.1, 0.15) is 5.56 Å². The lowest BCUT2D eigenvalue weighted by molar-refractivity contribution is -0.145. The van der Waals surface area contributed by atoms with Crippen LogP contribution in [0.2, 0.25) is 0 Å². The first-order valence-electron chi connectivity index (χ1n) is 5.85. The van der Waals surface area contributed by atoms with Crippen molar-refractivity contribution in [2.45, 2.75) is 12.5 Å². The number of ether oxygens (including phenoxy) is 1. The lowest BCUT2D eigenvalue weighted by Gasteiger charge is -2.15. The molecule has 0 aromatic heterocycles. The van der Waals surface area contributed by atoms with E-state index in [1.807, 2.05) is 0 Å². The highest BCUT2D eigenvalue weighted by Crippen LogP contribution is 2.15. The molecule has 0 heterocycles. The molecule has 0 bridgehead atoms. The van der Waals surface area contributed by atoms with Gasteiger partial charge in [0.25, 0.3) is 0 Å². The number of aliphatic carboxylic acids is 1. The first-order valence-corrected chi connectivity index (χ1v) is 5.85. The normalized spacial score (nSPS) is 11.8. The second-order valence-corrected chi connectivity index (χ2v) is 4.05. The van der Waals surface area contributed by atoms with Crippen molar-refractivity contribution in [3.63, 3.8) is 0 Å². The Hall–Kier alpha value is -2.36. The van der Waals surface area contributed by atoms with Gasteiger partial charge >= 0.3 is 5.97 Å². The number of para-hydroxylation sites is 1. The molecule has 0 aliphatic heterocycles. The van der Waals surface area contributed by atoms with Gasteiger partial charge in [-0.1, -0.05) is 36.4 Å². The van der Waals surface area contributed by atoms with Crippen LogP contribution < -0.4 is 4.74 Å². The molecule has 3 nitrogen and oxygen atoms in total. The number of hydrogen-bond acceptors (Lipinski definition) is 2. The predicted molar refractivity (Wildman–Crippen MR) is 68.6 cm³/mol. The van der Waals surface area contributed by atoms with Gasteiger partial charge in [-0.05, 0) is 23.8 Å². The van der Waals surface area contributed by atoms with Crippen LogP contribution in [0.5, 0.6) is 5.75 Å². The van der Waals surface area contributed by atoms with Crippen LogP contribution in [0, 0.1) is 5.82 Å². The molecule has 1 N–H and O–H groups in total. The van der Waals surface area contributed by atoms with Gasteiger partial charge in [0.15, 0.2) is 6.10 Å². The minimum absolute atomic E-state index is 0.0170. The first kappa shape index (κ1) is 13.1. The van der Waals surface area contributed by atoms with E-state index in [1.54, 1.807) is 48.5 Å². The third-order valence-electron chi connectivity index (χ3n) is 2.66. The summed E-state index contributed by atoms with van der Waals surface area (Å²) in [5.74, 6) is -1.09. The lowest BCUT2D eigenvalue weighted by atomic mass is 10.1. The highest BCUT2D eigenvalue weighted by atomic mass is 19.1. The average molecular weight is 260 g/mol. The van der Waals surface area contributed by atoms with Crippen molar-refractivity contribution in [3.8, 4) is 5.75 Å². The Balaban J connectivity index is 2.13. The molecule has 1 atom stereocenters. The molecule has 2 rings (SSSR count). The molecule has 0 saturated heterocycles. The number of carboxylic acid groups (broad SMARTS) is 1. The van der Waals surface area contributed by atoms with Gasteiger partial charge in [0.1, 0.15) is 11.6 Å². The van der Waals surface area contributed by atoms with Crippen LogP contribution >= 0.6 is 0 Å². The van der Waals surface area contributed by atoms with Crippen LogP contribution in [0.25, 0.3) is 0 Å². The molecule has 4 heteroatoms. The van der Waals surface area contributed by atoms with Crippen LogP contribution in [0.3, 0.4) is 0 Å². The largest absolute Gasteiger partial charge is 0.478 e. The fourth-order valence-corrected chi connectivity index (χ4v) is 1.71. The van der Waals surface area contributed by atoms with Crippen LogP contribution in [-0.4, -0.2) is 17.2 Å². The van der Waals surface area contributed by atoms with Crippen molar-refractivity contribution in [3.05, 3.63) is 66.0 Å². The van der Waals surface area contributed by atoms with Gasteiger partial charge < -0.3 is 9.84 Å². The first-order chi connectivity index (χ1) is 9.16. The third kappa shape index (κ3) is 3.55. The fourth-order valence-electron chi connectivity index (χ4n) is 1.71. The van der Waals surface area contributed by atoms with Gasteiger partial charge in [-0.25, -0.2) is 9.18 Å². The molecule has 19 heavy (non-hydrogen) atoms. The van der Waals surface area contributed by atoms with Gasteiger partial charge in [0.05, 0.1) is 0 Å². The van der Waals surface area contributed by atoms with Crippen molar-refractivity contribution in [2.24, 2.45) is 0 Å². The minimum Gasteiger partial charge on any atom is -0.478 e. The Bertz CT molecular complexity index is 554. The zero-order valence-corrected chi connectivity index (χ0v) is 10.1. The molecule has 0 aliphatic carbocycles. The van der Waals surface area contributed by atoms with Gasteiger partial charge in [-0.15, -0.1) is 0 Å². The molecule has 0 spiro atoms. The summed E-state index contributed by atoms with van der Waals surface area (Å²) in [6, 6.07) is 14.7. The zero-order valence-electron chi connectivity index (χ0n) is 10.1. The van der Waals surface area contributed by atoms with E-state index in [2.05, 4.69) is 0 Å². The van der Waals surface area contributed by atoms with Crippen molar-refractivity contribution in [2.75, 3.05) is 0 Å². The van der Waals surface area contributed by atoms with Gasteiger partial charge in [0, 0.05) is 6.42 Å². The molecular formula is C15H13FO3. The molecule has 0 saturated carbocycles. The molecular weight excluding hydrogens is 247 g/mol. The van der Waals surface area contributed by atoms with Crippen molar-refractivity contribution in [1.29, 1.82) is 0 Å². The number of carbonyl (C=O) groups is 1. The van der Waals surface area contributed by atoms with E-state index in [9.17, 15) is 9.18 Å². The van der Waals surface area contributed by atoms with Crippen molar-refractivity contribution in [1.82, 2.24) is 0 Å². The number of rotatable bonds is 5. The van der Waals surface area contributed by atoms with E-state index >= 15 is 0 Å². The van der Waals surface area contributed by atoms with Crippen molar-refractivity contribution < 1.29 is 19.0 Å². The average Bonchev–Trinajstić information content (AvgIpc) is 2.41. The quantitative estimate of drug-likeness (QED) is 0.899. The Morgan fingerprint density at radius 3 is 2.37 bits per heavy atom. The molecule has 0 fully saturated rings. The fraction of sp³-hybridized carbons (Fsp3) is 0.133. The molecule has 1 unspecified atom stereocenters. The summed E-state index contributed by atoms with van der Waals surface area (Å²) in [7, 11) is 0. The number of benzene rings is 2. The highest BCUT2D eigenvalue weighted by molar-refractivity contribution is 5.73. The summed E-state index contributed by atoms with van der Waals surface area (Å²) in [6.45, 7) is 0. The Labute approximate surface area is 110 Å². The summed E-state index contributed by atoms with van der Waals surface area (Å²) in [4.78, 5) is 11.2. The Kier molecular flexibility index (Phi) is 4.13. The summed E-state index contributed by atoms with van der Waals surface area (Å²) in [6.07, 6.45) is -1.13. The standard InChI is InChI=1S/C15H13FO3/c16-13-9-5-4-6-11(13)10-14(15(17)18)19-12-7-2-1-3-8-12/h1-9,14H,10H2,(H,17,18). The highest BCUT2D eigenvalue weighted by Gasteiger charge is 2.21. The number of halogens is 1. The van der Waals surface area contributed by atoms with Gasteiger partial charge in [0.2, 0.25) is 0 Å². The minimum atomic E-state index is -1.12. The molecule has 2 aromatic rings. The van der Waals surface area contributed by atoms with E-state index in [0.29, 0.717) is 11.3 Å². The molecule has 0 amide bonds. The van der Waals surface area contributed by atoms with E-state index in [4.69, 9.17) is 9.84 Å². The summed E-state index contributed by atoms with van der Waals surface area (Å²) in [5, 5.41) is 9.14. The summed E-state index contributed by atoms with van der Waals surface area (Å²) < 4.78 is 18.9. The van der Waals surface area contributed by atoms with E-state index in [1.165, 1.54) is 6.07 Å². The van der Waals surface area contributed by atoms with Crippen molar-refractivity contribution >= 4 is 5.97 Å².